The van der Waals surface area contributed by atoms with Crippen LogP contribution in [-0.2, 0) is 20.7 Å². The molecule has 0 aliphatic carbocycles. The molecule has 0 spiro atoms. The normalized spacial score (nSPS) is 10.7. The van der Waals surface area contributed by atoms with Gasteiger partial charge in [-0.15, -0.1) is 0 Å². The Hall–Kier alpha value is -4.13. The fourth-order valence-electron chi connectivity index (χ4n) is 3.45. The van der Waals surface area contributed by atoms with E-state index in [9.17, 15) is 14.4 Å². The van der Waals surface area contributed by atoms with Crippen molar-refractivity contribution in [1.82, 2.24) is 5.32 Å². The van der Waals surface area contributed by atoms with E-state index in [0.717, 1.165) is 27.3 Å². The molecule has 0 aliphatic rings. The summed E-state index contributed by atoms with van der Waals surface area (Å²) in [7, 11) is 1.25. The van der Waals surface area contributed by atoms with E-state index in [1.54, 1.807) is 30.5 Å². The zero-order valence-electron chi connectivity index (χ0n) is 16.8. The number of amides is 2. The molecule has 0 saturated heterocycles. The first kappa shape index (κ1) is 20.2. The summed E-state index contributed by atoms with van der Waals surface area (Å²) in [6.07, 6.45) is 1.73. The maximum atomic E-state index is 12.7. The molecule has 2 amide bonds. The number of hydrogen-bond acceptors (Lipinski definition) is 5. The number of benzene rings is 3. The summed E-state index contributed by atoms with van der Waals surface area (Å²) in [5.41, 5.74) is 2.32. The number of furan rings is 1. The van der Waals surface area contributed by atoms with E-state index in [1.165, 1.54) is 7.11 Å². The van der Waals surface area contributed by atoms with Gasteiger partial charge in [0.25, 0.3) is 5.91 Å². The zero-order valence-corrected chi connectivity index (χ0v) is 16.8. The Labute approximate surface area is 178 Å². The summed E-state index contributed by atoms with van der Waals surface area (Å²) in [5, 5.41) is 8.30. The number of carbonyl (C=O) groups excluding carboxylic acids is 3. The highest BCUT2D eigenvalue weighted by atomic mass is 16.5. The minimum absolute atomic E-state index is 0.125. The number of ether oxygens (including phenoxy) is 1. The van der Waals surface area contributed by atoms with Gasteiger partial charge in [-0.3, -0.25) is 14.4 Å². The third kappa shape index (κ3) is 4.40. The number of esters is 1. The standard InChI is InChI=1S/C24H20N2O5/c1-30-22(28)13-25-24(29)16-6-4-7-18(11-16)26-21(27)12-17-14-31-20-10-9-15-5-2-3-8-19(15)23(17)20/h2-11,14H,12-13H2,1H3,(H,25,29)(H,26,27). The lowest BCUT2D eigenvalue weighted by Gasteiger charge is -2.08. The van der Waals surface area contributed by atoms with Gasteiger partial charge < -0.3 is 19.8 Å². The van der Waals surface area contributed by atoms with Gasteiger partial charge in [-0.2, -0.15) is 0 Å². The van der Waals surface area contributed by atoms with Crippen LogP contribution in [0.15, 0.2) is 71.3 Å². The molecule has 0 fully saturated rings. The van der Waals surface area contributed by atoms with Crippen LogP contribution in [0.3, 0.4) is 0 Å². The monoisotopic (exact) mass is 416 g/mol. The summed E-state index contributed by atoms with van der Waals surface area (Å²) in [6, 6.07) is 18.3. The van der Waals surface area contributed by atoms with Crippen LogP contribution in [0, 0.1) is 0 Å². The van der Waals surface area contributed by atoms with Crippen LogP contribution in [0.2, 0.25) is 0 Å². The van der Waals surface area contributed by atoms with E-state index in [4.69, 9.17) is 4.42 Å². The van der Waals surface area contributed by atoms with E-state index in [1.807, 2.05) is 36.4 Å². The minimum atomic E-state index is -0.544. The summed E-state index contributed by atoms with van der Waals surface area (Å²) < 4.78 is 10.1. The van der Waals surface area contributed by atoms with Gasteiger partial charge in [-0.05, 0) is 35.0 Å². The minimum Gasteiger partial charge on any atom is -0.468 e. The van der Waals surface area contributed by atoms with Crippen molar-refractivity contribution < 1.29 is 23.5 Å². The maximum Gasteiger partial charge on any atom is 0.325 e. The molecule has 2 N–H and O–H groups in total. The van der Waals surface area contributed by atoms with Crippen LogP contribution in [-0.4, -0.2) is 31.4 Å². The number of anilines is 1. The molecule has 0 saturated carbocycles. The highest BCUT2D eigenvalue weighted by Gasteiger charge is 2.14. The lowest BCUT2D eigenvalue weighted by Crippen LogP contribution is -2.30. The number of hydrogen-bond donors (Lipinski definition) is 2. The molecule has 156 valence electrons. The Morgan fingerprint density at radius 1 is 1.00 bits per heavy atom. The highest BCUT2D eigenvalue weighted by Crippen LogP contribution is 2.30. The molecule has 7 heteroatoms. The van der Waals surface area contributed by atoms with Crippen molar-refractivity contribution >= 4 is 45.2 Å². The predicted octanol–water partition coefficient (Wildman–Crippen LogP) is 3.67. The second kappa shape index (κ2) is 8.71. The van der Waals surface area contributed by atoms with E-state index in [0.29, 0.717) is 11.3 Å². The Bertz CT molecular complexity index is 1290. The van der Waals surface area contributed by atoms with Crippen LogP contribution in [0.25, 0.3) is 21.7 Å². The lowest BCUT2D eigenvalue weighted by atomic mass is 10.0. The molecule has 3 aromatic carbocycles. The first-order valence-electron chi connectivity index (χ1n) is 9.68. The van der Waals surface area contributed by atoms with Crippen LogP contribution in [0.4, 0.5) is 5.69 Å². The molecule has 1 heterocycles. The molecule has 0 unspecified atom stereocenters. The topological polar surface area (TPSA) is 97.6 Å². The van der Waals surface area contributed by atoms with Gasteiger partial charge in [0.05, 0.1) is 19.8 Å². The summed E-state index contributed by atoms with van der Waals surface area (Å²) >= 11 is 0. The maximum absolute atomic E-state index is 12.7. The van der Waals surface area contributed by atoms with Crippen LogP contribution in [0.1, 0.15) is 15.9 Å². The number of fused-ring (bicyclic) bond motifs is 3. The average Bonchev–Trinajstić information content (AvgIpc) is 3.20. The molecule has 4 rings (SSSR count). The molecule has 0 atom stereocenters. The molecule has 4 aromatic rings. The third-order valence-electron chi connectivity index (χ3n) is 4.92. The first-order valence-corrected chi connectivity index (χ1v) is 9.68. The van der Waals surface area contributed by atoms with Crippen LogP contribution in [0.5, 0.6) is 0 Å². The van der Waals surface area contributed by atoms with Crippen molar-refractivity contribution in [3.8, 4) is 0 Å². The smallest absolute Gasteiger partial charge is 0.325 e. The SMILES string of the molecule is COC(=O)CNC(=O)c1cccc(NC(=O)Cc2coc3ccc4ccccc4c23)c1. The number of rotatable bonds is 6. The third-order valence-corrected chi connectivity index (χ3v) is 4.92. The molecule has 7 nitrogen and oxygen atoms in total. The fourth-order valence-corrected chi connectivity index (χ4v) is 3.45. The van der Waals surface area contributed by atoms with Crippen LogP contribution < -0.4 is 10.6 Å². The fraction of sp³-hybridized carbons (Fsp3) is 0.125. The van der Waals surface area contributed by atoms with Crippen molar-refractivity contribution in [2.75, 3.05) is 19.0 Å². The van der Waals surface area contributed by atoms with Gasteiger partial charge in [0.1, 0.15) is 12.1 Å². The molecular weight excluding hydrogens is 396 g/mol. The molecular formula is C24H20N2O5. The Morgan fingerprint density at radius 2 is 1.84 bits per heavy atom. The molecule has 0 aliphatic heterocycles. The van der Waals surface area contributed by atoms with Gasteiger partial charge in [-0.25, -0.2) is 0 Å². The lowest BCUT2D eigenvalue weighted by molar-refractivity contribution is -0.139. The number of carbonyl (C=O) groups is 3. The van der Waals surface area contributed by atoms with Crippen molar-refractivity contribution in [1.29, 1.82) is 0 Å². The number of nitrogens with one attached hydrogen (secondary N) is 2. The second-order valence-corrected chi connectivity index (χ2v) is 6.99. The van der Waals surface area contributed by atoms with Crippen molar-refractivity contribution in [2.45, 2.75) is 6.42 Å². The van der Waals surface area contributed by atoms with Crippen molar-refractivity contribution in [3.05, 3.63) is 78.1 Å². The number of methoxy groups -OCH3 is 1. The van der Waals surface area contributed by atoms with E-state index in [-0.39, 0.29) is 18.9 Å². The van der Waals surface area contributed by atoms with Gasteiger partial charge in [0.2, 0.25) is 5.91 Å². The summed E-state index contributed by atoms with van der Waals surface area (Å²) in [6.45, 7) is -0.229. The quantitative estimate of drug-likeness (QED) is 0.468. The van der Waals surface area contributed by atoms with E-state index in [2.05, 4.69) is 15.4 Å². The van der Waals surface area contributed by atoms with Gasteiger partial charge in [-0.1, -0.05) is 36.4 Å². The first-order chi connectivity index (χ1) is 15.0. The van der Waals surface area contributed by atoms with Gasteiger partial charge in [0, 0.05) is 22.2 Å². The molecule has 0 bridgehead atoms. The van der Waals surface area contributed by atoms with Crippen molar-refractivity contribution in [2.24, 2.45) is 0 Å². The zero-order chi connectivity index (χ0) is 21.8. The Balaban J connectivity index is 1.49. The highest BCUT2D eigenvalue weighted by molar-refractivity contribution is 6.09. The van der Waals surface area contributed by atoms with Gasteiger partial charge >= 0.3 is 5.97 Å². The van der Waals surface area contributed by atoms with Crippen LogP contribution >= 0.6 is 0 Å². The Kier molecular flexibility index (Phi) is 5.66. The molecule has 1 aromatic heterocycles. The van der Waals surface area contributed by atoms with E-state index >= 15 is 0 Å². The second-order valence-electron chi connectivity index (χ2n) is 6.99. The largest absolute Gasteiger partial charge is 0.468 e. The predicted molar refractivity (Wildman–Crippen MR) is 117 cm³/mol. The molecule has 31 heavy (non-hydrogen) atoms. The molecule has 0 radical (unpaired) electrons. The average molecular weight is 416 g/mol. The summed E-state index contributed by atoms with van der Waals surface area (Å²) in [5.74, 6) is -1.21. The van der Waals surface area contributed by atoms with Crippen molar-refractivity contribution in [3.63, 3.8) is 0 Å². The van der Waals surface area contributed by atoms with Gasteiger partial charge in [0.15, 0.2) is 0 Å². The summed E-state index contributed by atoms with van der Waals surface area (Å²) in [4.78, 5) is 36.1. The van der Waals surface area contributed by atoms with E-state index < -0.39 is 11.9 Å². The Morgan fingerprint density at radius 3 is 2.68 bits per heavy atom.